The molecule has 0 aromatic carbocycles. The van der Waals surface area contributed by atoms with Crippen LogP contribution in [0.5, 0.6) is 0 Å². The quantitative estimate of drug-likeness (QED) is 0.696. The average Bonchev–Trinajstić information content (AvgIpc) is 2.50. The number of nitrogens with one attached hydrogen (secondary N) is 1. The van der Waals surface area contributed by atoms with Gasteiger partial charge in [0.1, 0.15) is 0 Å². The van der Waals surface area contributed by atoms with E-state index in [0.29, 0.717) is 6.26 Å². The molecule has 15 heavy (non-hydrogen) atoms. The van der Waals surface area contributed by atoms with E-state index in [4.69, 9.17) is 13.0 Å². The maximum absolute atomic E-state index is 9.08. The lowest BCUT2D eigenvalue weighted by Gasteiger charge is -2.09. The fourth-order valence-electron chi connectivity index (χ4n) is 2.00. The van der Waals surface area contributed by atoms with E-state index in [9.17, 15) is 0 Å². The maximum atomic E-state index is 9.08. The maximum Gasteiger partial charge on any atom is 0.0916 e. The van der Waals surface area contributed by atoms with Crippen molar-refractivity contribution in [3.8, 4) is 0 Å². The second kappa shape index (κ2) is 7.19. The van der Waals surface area contributed by atoms with Gasteiger partial charge in [0.2, 0.25) is 0 Å². The zero-order valence-corrected chi connectivity index (χ0v) is 10.8. The van der Waals surface area contributed by atoms with Gasteiger partial charge in [-0.1, -0.05) is 13.3 Å². The van der Waals surface area contributed by atoms with Gasteiger partial charge in [0.05, 0.1) is 29.8 Å². The molecule has 0 aromatic heterocycles. The van der Waals surface area contributed by atoms with Gasteiger partial charge < -0.3 is 9.45 Å². The van der Waals surface area contributed by atoms with Gasteiger partial charge in [0.15, 0.2) is 0 Å². The Labute approximate surface area is 93.4 Å². The predicted octanol–water partition coefficient (Wildman–Crippen LogP) is -0.127. The van der Waals surface area contributed by atoms with E-state index >= 15 is 0 Å². The van der Waals surface area contributed by atoms with Crippen molar-refractivity contribution in [1.82, 2.24) is 0 Å². The summed E-state index contributed by atoms with van der Waals surface area (Å²) in [6.07, 6.45) is 4.93. The molecule has 92 valence electrons. The van der Waals surface area contributed by atoms with Gasteiger partial charge in [-0.25, -0.2) is 8.42 Å². The first-order valence-electron chi connectivity index (χ1n) is 5.61. The Morgan fingerprint density at radius 3 is 2.27 bits per heavy atom. The second-order valence-electron chi connectivity index (χ2n) is 4.21. The minimum atomic E-state index is -3.92. The van der Waals surface area contributed by atoms with Crippen molar-refractivity contribution in [3.63, 3.8) is 0 Å². The van der Waals surface area contributed by atoms with Crippen LogP contribution in [0.3, 0.4) is 0 Å². The van der Waals surface area contributed by atoms with Crippen molar-refractivity contribution in [2.75, 3.05) is 25.9 Å². The number of rotatable bonds is 3. The van der Waals surface area contributed by atoms with Gasteiger partial charge in [0.25, 0.3) is 0 Å². The highest BCUT2D eigenvalue weighted by atomic mass is 32.2. The molecule has 1 rings (SSSR count). The van der Waals surface area contributed by atoms with Crippen LogP contribution in [-0.4, -0.2) is 38.9 Å². The van der Waals surface area contributed by atoms with Crippen LogP contribution in [0.25, 0.3) is 0 Å². The van der Waals surface area contributed by atoms with Gasteiger partial charge in [-0.05, 0) is 13.3 Å². The fourth-order valence-corrected chi connectivity index (χ4v) is 2.00. The van der Waals surface area contributed by atoms with Crippen LogP contribution in [0.4, 0.5) is 0 Å². The van der Waals surface area contributed by atoms with Crippen LogP contribution in [0.2, 0.25) is 0 Å². The molecule has 1 heterocycles. The zero-order valence-electron chi connectivity index (χ0n) is 9.95. The fraction of sp³-hybridized carbons (Fsp3) is 1.00. The lowest BCUT2D eigenvalue weighted by molar-refractivity contribution is -0.887. The largest absolute Gasteiger partial charge is 0.748 e. The second-order valence-corrected chi connectivity index (χ2v) is 5.61. The number of hydrogen-bond acceptors (Lipinski definition) is 3. The van der Waals surface area contributed by atoms with Crippen molar-refractivity contribution < 1.29 is 17.9 Å². The molecule has 0 radical (unpaired) electrons. The molecule has 1 N–H and O–H groups in total. The molecule has 0 amide bonds. The Kier molecular flexibility index (Phi) is 7.13. The number of quaternary nitrogens is 1. The third kappa shape index (κ3) is 10.2. The first-order valence-corrected chi connectivity index (χ1v) is 7.42. The van der Waals surface area contributed by atoms with E-state index in [1.165, 1.54) is 38.9 Å². The summed E-state index contributed by atoms with van der Waals surface area (Å²) in [4.78, 5) is 1.82. The molecule has 1 aliphatic heterocycles. The Morgan fingerprint density at radius 2 is 1.93 bits per heavy atom. The molecular formula is C10H23NO3S. The summed E-state index contributed by atoms with van der Waals surface area (Å²) in [6, 6.07) is 0. The Balaban J connectivity index is 0.000000336. The Bertz CT molecular complexity index is 243. The molecule has 1 aliphatic rings. The summed E-state index contributed by atoms with van der Waals surface area (Å²) < 4.78 is 27.2. The highest BCUT2D eigenvalue weighted by Gasteiger charge is 2.23. The molecule has 5 heteroatoms. The summed E-state index contributed by atoms with van der Waals surface area (Å²) in [5.74, 6) is 1.06. The smallest absolute Gasteiger partial charge is 0.0916 e. The van der Waals surface area contributed by atoms with Crippen molar-refractivity contribution in [1.29, 1.82) is 0 Å². The molecule has 2 unspecified atom stereocenters. The zero-order chi connectivity index (χ0) is 11.9. The van der Waals surface area contributed by atoms with E-state index in [2.05, 4.69) is 13.8 Å². The van der Waals surface area contributed by atoms with E-state index in [-0.39, 0.29) is 0 Å². The molecule has 1 fully saturated rings. The lowest BCUT2D eigenvalue weighted by atomic mass is 10.0. The normalized spacial score (nSPS) is 25.9. The topological polar surface area (TPSA) is 61.6 Å². The van der Waals surface area contributed by atoms with Crippen LogP contribution < -0.4 is 4.90 Å². The van der Waals surface area contributed by atoms with Crippen LogP contribution in [0.15, 0.2) is 0 Å². The summed E-state index contributed by atoms with van der Waals surface area (Å²) in [6.45, 7) is 8.80. The van der Waals surface area contributed by atoms with Crippen molar-refractivity contribution in [3.05, 3.63) is 0 Å². The molecule has 1 saturated heterocycles. The molecule has 0 bridgehead atoms. The molecule has 0 aliphatic carbocycles. The predicted molar refractivity (Wildman–Crippen MR) is 59.9 cm³/mol. The number of likely N-dealkylation sites (tertiary alicyclic amines) is 1. The van der Waals surface area contributed by atoms with Gasteiger partial charge in [-0.2, -0.15) is 0 Å². The van der Waals surface area contributed by atoms with E-state index in [1.807, 2.05) is 4.90 Å². The van der Waals surface area contributed by atoms with E-state index < -0.39 is 10.1 Å². The Hall–Kier alpha value is -0.130. The number of hydrogen-bond donors (Lipinski definition) is 1. The Morgan fingerprint density at radius 1 is 1.40 bits per heavy atom. The standard InChI is InChI=1S/C9H19N.CH4O3S/c1-3-5-9-6-7-10(4-2)8-9;1-5(2,3)4/h9H,3-8H2,1-2H3;1H3,(H,2,3,4). The lowest BCUT2D eigenvalue weighted by Crippen LogP contribution is -3.09. The third-order valence-electron chi connectivity index (χ3n) is 2.68. The molecule has 0 aromatic rings. The highest BCUT2D eigenvalue weighted by molar-refractivity contribution is 7.84. The van der Waals surface area contributed by atoms with Gasteiger partial charge in [-0.3, -0.25) is 0 Å². The first-order chi connectivity index (χ1) is 6.86. The van der Waals surface area contributed by atoms with Gasteiger partial charge in [-0.15, -0.1) is 0 Å². The summed E-state index contributed by atoms with van der Waals surface area (Å²) in [7, 11) is -3.92. The van der Waals surface area contributed by atoms with Gasteiger partial charge in [0, 0.05) is 18.6 Å². The summed E-state index contributed by atoms with van der Waals surface area (Å²) in [5, 5.41) is 0. The first kappa shape index (κ1) is 14.9. The minimum absolute atomic E-state index is 0.604. The van der Waals surface area contributed by atoms with Crippen molar-refractivity contribution in [2.45, 2.75) is 33.1 Å². The van der Waals surface area contributed by atoms with Crippen LogP contribution in [0, 0.1) is 5.92 Å². The van der Waals surface area contributed by atoms with Crippen LogP contribution >= 0.6 is 0 Å². The third-order valence-corrected chi connectivity index (χ3v) is 2.68. The van der Waals surface area contributed by atoms with Crippen LogP contribution in [0.1, 0.15) is 33.1 Å². The minimum Gasteiger partial charge on any atom is -0.748 e. The molecule has 2 atom stereocenters. The van der Waals surface area contributed by atoms with Crippen molar-refractivity contribution >= 4 is 10.1 Å². The molecule has 4 nitrogen and oxygen atoms in total. The molecular weight excluding hydrogens is 214 g/mol. The van der Waals surface area contributed by atoms with E-state index in [0.717, 1.165) is 5.92 Å². The van der Waals surface area contributed by atoms with Crippen LogP contribution in [-0.2, 0) is 10.1 Å². The molecule has 0 saturated carbocycles. The summed E-state index contributed by atoms with van der Waals surface area (Å²) in [5.41, 5.74) is 0. The highest BCUT2D eigenvalue weighted by Crippen LogP contribution is 2.10. The van der Waals surface area contributed by atoms with E-state index in [1.54, 1.807) is 0 Å². The monoisotopic (exact) mass is 237 g/mol. The average molecular weight is 237 g/mol. The molecule has 0 spiro atoms. The van der Waals surface area contributed by atoms with Gasteiger partial charge >= 0.3 is 0 Å². The summed E-state index contributed by atoms with van der Waals surface area (Å²) >= 11 is 0. The SMILES string of the molecule is CCCC1CC[NH+](CC)C1.CS(=O)(=O)[O-]. The van der Waals surface area contributed by atoms with Crippen molar-refractivity contribution in [2.24, 2.45) is 5.92 Å².